The summed E-state index contributed by atoms with van der Waals surface area (Å²) in [5.41, 5.74) is 4.88. The minimum Gasteiger partial charge on any atom is -0.315 e. The van der Waals surface area contributed by atoms with Crippen molar-refractivity contribution in [3.05, 3.63) is 71.9 Å². The molecule has 0 aliphatic carbocycles. The van der Waals surface area contributed by atoms with Crippen molar-refractivity contribution in [3.63, 3.8) is 0 Å². The van der Waals surface area contributed by atoms with Crippen molar-refractivity contribution in [3.8, 4) is 11.1 Å². The molecule has 5 aromatic rings. The lowest BCUT2D eigenvalue weighted by Crippen LogP contribution is -2.21. The van der Waals surface area contributed by atoms with Crippen molar-refractivity contribution in [1.29, 1.82) is 0 Å². The van der Waals surface area contributed by atoms with Crippen molar-refractivity contribution in [2.24, 2.45) is 0 Å². The SMILES string of the molecule is c1cc(Cc2nnc(Nc3ccc4ncc(-c5cnn(CCCN6CCCC6)c5)cc4n3)s2)ccn1. The molecule has 182 valence electrons. The predicted molar refractivity (Wildman–Crippen MR) is 141 cm³/mol. The summed E-state index contributed by atoms with van der Waals surface area (Å²) in [5.74, 6) is 0.714. The maximum Gasteiger partial charge on any atom is 0.211 e. The van der Waals surface area contributed by atoms with Crippen molar-refractivity contribution < 1.29 is 0 Å². The number of likely N-dealkylation sites (tertiary alicyclic amines) is 1. The van der Waals surface area contributed by atoms with Gasteiger partial charge in [-0.1, -0.05) is 11.3 Å². The first-order valence-electron chi connectivity index (χ1n) is 12.3. The van der Waals surface area contributed by atoms with Crippen LogP contribution in [0.2, 0.25) is 0 Å². The van der Waals surface area contributed by atoms with Gasteiger partial charge in [0.05, 0.1) is 17.2 Å². The average molecular weight is 498 g/mol. The van der Waals surface area contributed by atoms with Crippen LogP contribution in [0.3, 0.4) is 0 Å². The van der Waals surface area contributed by atoms with Gasteiger partial charge in [0.2, 0.25) is 5.13 Å². The molecule has 0 saturated carbocycles. The van der Waals surface area contributed by atoms with Gasteiger partial charge in [0.25, 0.3) is 0 Å². The highest BCUT2D eigenvalue weighted by Gasteiger charge is 2.12. The van der Waals surface area contributed by atoms with Crippen LogP contribution in [-0.4, -0.2) is 59.5 Å². The molecule has 1 N–H and O–H groups in total. The number of anilines is 2. The van der Waals surface area contributed by atoms with Crippen LogP contribution in [-0.2, 0) is 13.0 Å². The smallest absolute Gasteiger partial charge is 0.211 e. The zero-order valence-corrected chi connectivity index (χ0v) is 20.7. The van der Waals surface area contributed by atoms with E-state index in [0.29, 0.717) is 10.9 Å². The van der Waals surface area contributed by atoms with Crippen LogP contribution in [0.1, 0.15) is 29.8 Å². The van der Waals surface area contributed by atoms with E-state index in [9.17, 15) is 0 Å². The molecule has 0 amide bonds. The molecule has 9 nitrogen and oxygen atoms in total. The minimum atomic E-state index is 0.713. The van der Waals surface area contributed by atoms with Gasteiger partial charge in [-0.2, -0.15) is 5.10 Å². The lowest BCUT2D eigenvalue weighted by atomic mass is 10.1. The first-order chi connectivity index (χ1) is 17.8. The molecule has 1 aliphatic heterocycles. The van der Waals surface area contributed by atoms with E-state index in [4.69, 9.17) is 4.98 Å². The van der Waals surface area contributed by atoms with Crippen LogP contribution in [0.25, 0.3) is 22.2 Å². The fourth-order valence-corrected chi connectivity index (χ4v) is 5.27. The number of hydrogen-bond donors (Lipinski definition) is 1. The molecule has 0 atom stereocenters. The van der Waals surface area contributed by atoms with Crippen LogP contribution in [0.5, 0.6) is 0 Å². The summed E-state index contributed by atoms with van der Waals surface area (Å²) >= 11 is 1.52. The number of nitrogens with zero attached hydrogens (tertiary/aromatic N) is 8. The average Bonchev–Trinajstić information content (AvgIpc) is 3.68. The second-order valence-corrected chi connectivity index (χ2v) is 10.1. The number of rotatable bonds is 9. The van der Waals surface area contributed by atoms with Gasteiger partial charge in [-0.05, 0) is 74.8 Å². The van der Waals surface area contributed by atoms with Gasteiger partial charge in [-0.25, -0.2) is 4.98 Å². The number of nitrogens with one attached hydrogen (secondary N) is 1. The quantitative estimate of drug-likeness (QED) is 0.317. The van der Waals surface area contributed by atoms with E-state index in [0.717, 1.165) is 58.7 Å². The molecule has 0 unspecified atom stereocenters. The van der Waals surface area contributed by atoms with Crippen molar-refractivity contribution >= 4 is 33.3 Å². The standard InChI is InChI=1S/C26H27N9S/c1-2-11-34(10-1)12-3-13-35-18-21(17-29-35)20-15-23-22(28-16-20)4-5-24(30-23)31-26-33-32-25(36-26)14-19-6-8-27-9-7-19/h4-9,15-18H,1-3,10-14H2,(H,30,31,33). The summed E-state index contributed by atoms with van der Waals surface area (Å²) in [5, 5.41) is 18.1. The summed E-state index contributed by atoms with van der Waals surface area (Å²) in [6.45, 7) is 4.55. The molecule has 6 rings (SSSR count). The van der Waals surface area contributed by atoms with Gasteiger partial charge < -0.3 is 10.2 Å². The Labute approximate surface area is 213 Å². The lowest BCUT2D eigenvalue weighted by Gasteiger charge is -2.13. The minimum absolute atomic E-state index is 0.713. The second kappa shape index (κ2) is 10.5. The number of aryl methyl sites for hydroxylation is 1. The van der Waals surface area contributed by atoms with Gasteiger partial charge in [-0.15, -0.1) is 10.2 Å². The zero-order chi connectivity index (χ0) is 24.2. The largest absolute Gasteiger partial charge is 0.315 e. The van der Waals surface area contributed by atoms with Gasteiger partial charge in [0.15, 0.2) is 0 Å². The van der Waals surface area contributed by atoms with E-state index in [1.807, 2.05) is 41.3 Å². The summed E-state index contributed by atoms with van der Waals surface area (Å²) in [6.07, 6.45) is 14.0. The fourth-order valence-electron chi connectivity index (χ4n) is 4.49. The molecule has 0 aromatic carbocycles. The second-order valence-electron chi connectivity index (χ2n) is 9.01. The lowest BCUT2D eigenvalue weighted by molar-refractivity contribution is 0.322. The summed E-state index contributed by atoms with van der Waals surface area (Å²) < 4.78 is 2.03. The Kier molecular flexibility index (Phi) is 6.60. The molecule has 0 spiro atoms. The van der Waals surface area contributed by atoms with Crippen LogP contribution in [0.15, 0.2) is 61.3 Å². The summed E-state index contributed by atoms with van der Waals surface area (Å²) in [6, 6.07) is 9.92. The van der Waals surface area contributed by atoms with Crippen molar-refractivity contribution in [2.75, 3.05) is 25.0 Å². The molecular weight excluding hydrogens is 470 g/mol. The van der Waals surface area contributed by atoms with Crippen molar-refractivity contribution in [2.45, 2.75) is 32.2 Å². The highest BCUT2D eigenvalue weighted by Crippen LogP contribution is 2.25. The van der Waals surface area contributed by atoms with Gasteiger partial charge in [0.1, 0.15) is 10.8 Å². The molecule has 6 heterocycles. The topological polar surface area (TPSA) is 97.5 Å². The Morgan fingerprint density at radius 2 is 1.81 bits per heavy atom. The molecule has 1 aliphatic rings. The summed E-state index contributed by atoms with van der Waals surface area (Å²) in [7, 11) is 0. The number of fused-ring (bicyclic) bond motifs is 1. The molecule has 0 bridgehead atoms. The molecular formula is C26H27N9S. The van der Waals surface area contributed by atoms with E-state index in [-0.39, 0.29) is 0 Å². The van der Waals surface area contributed by atoms with E-state index in [2.05, 4.69) is 47.7 Å². The number of hydrogen-bond acceptors (Lipinski definition) is 9. The van der Waals surface area contributed by atoms with Gasteiger partial charge in [0, 0.05) is 48.9 Å². The number of aromatic nitrogens is 7. The Balaban J connectivity index is 1.12. The normalized spacial score (nSPS) is 14.0. The Bertz CT molecular complexity index is 1440. The van der Waals surface area contributed by atoms with E-state index >= 15 is 0 Å². The molecule has 10 heteroatoms. The molecule has 1 saturated heterocycles. The highest BCUT2D eigenvalue weighted by molar-refractivity contribution is 7.15. The van der Waals surface area contributed by atoms with E-state index < -0.39 is 0 Å². The van der Waals surface area contributed by atoms with Gasteiger partial charge in [-0.3, -0.25) is 14.6 Å². The maximum absolute atomic E-state index is 4.77. The van der Waals surface area contributed by atoms with Crippen LogP contribution in [0, 0.1) is 0 Å². The first-order valence-corrected chi connectivity index (χ1v) is 13.1. The molecule has 36 heavy (non-hydrogen) atoms. The first kappa shape index (κ1) is 22.7. The van der Waals surface area contributed by atoms with Crippen LogP contribution >= 0.6 is 11.3 Å². The third kappa shape index (κ3) is 5.39. The van der Waals surface area contributed by atoms with E-state index in [1.165, 1.54) is 37.3 Å². The molecule has 5 aromatic heterocycles. The van der Waals surface area contributed by atoms with Crippen LogP contribution < -0.4 is 5.32 Å². The maximum atomic E-state index is 4.77. The van der Waals surface area contributed by atoms with Crippen LogP contribution in [0.4, 0.5) is 10.9 Å². The third-order valence-electron chi connectivity index (χ3n) is 6.37. The van der Waals surface area contributed by atoms with E-state index in [1.54, 1.807) is 12.4 Å². The Morgan fingerprint density at radius 1 is 0.917 bits per heavy atom. The monoisotopic (exact) mass is 497 g/mol. The summed E-state index contributed by atoms with van der Waals surface area (Å²) in [4.78, 5) is 16.0. The van der Waals surface area contributed by atoms with Crippen molar-refractivity contribution in [1.82, 2.24) is 39.8 Å². The molecule has 0 radical (unpaired) electrons. The van der Waals surface area contributed by atoms with Gasteiger partial charge >= 0.3 is 0 Å². The zero-order valence-electron chi connectivity index (χ0n) is 19.9. The predicted octanol–water partition coefficient (Wildman–Crippen LogP) is 4.56. The fraction of sp³-hybridized carbons (Fsp3) is 0.308. The third-order valence-corrected chi connectivity index (χ3v) is 7.21. The Hall–Kier alpha value is -3.76. The highest BCUT2D eigenvalue weighted by atomic mass is 32.1. The Morgan fingerprint density at radius 3 is 2.69 bits per heavy atom. The molecule has 1 fully saturated rings. The number of pyridine rings is 3.